The monoisotopic (exact) mass is 594 g/mol. The van der Waals surface area contributed by atoms with Crippen molar-refractivity contribution in [3.63, 3.8) is 0 Å². The molecule has 1 saturated carbocycles. The van der Waals surface area contributed by atoms with Crippen LogP contribution in [0.4, 0.5) is 10.1 Å². The van der Waals surface area contributed by atoms with E-state index < -0.39 is 23.7 Å². The number of hydrogen-bond donors (Lipinski definition) is 0. The number of pyridine rings is 1. The number of esters is 2. The van der Waals surface area contributed by atoms with Crippen molar-refractivity contribution in [1.29, 1.82) is 0 Å². The number of anilines is 1. The van der Waals surface area contributed by atoms with E-state index in [1.807, 2.05) is 0 Å². The molecule has 0 atom stereocenters. The third-order valence-corrected chi connectivity index (χ3v) is 8.47. The largest absolute Gasteiger partial charge is 0.468 e. The molecule has 2 aromatic rings. The number of benzene rings is 1. The average molecular weight is 596 g/mol. The van der Waals surface area contributed by atoms with Crippen LogP contribution in [0.5, 0.6) is 0 Å². The molecule has 0 radical (unpaired) electrons. The van der Waals surface area contributed by atoms with Gasteiger partial charge in [-0.2, -0.15) is 0 Å². The molecule has 0 spiro atoms. The van der Waals surface area contributed by atoms with Gasteiger partial charge >= 0.3 is 11.9 Å². The number of hydrogen-bond acceptors (Lipinski definition) is 7. The molecule has 0 unspecified atom stereocenters. The highest BCUT2D eigenvalue weighted by atomic mass is 35.5. The lowest BCUT2D eigenvalue weighted by molar-refractivity contribution is -0.144. The standard InChI is InChI=1S/C28H29Cl2FN2O5S/c1-37-26(34)16-39-24-13-23(22(31)12-21(24)29)33(15-17-10-11-25(30)32-14-17)27(35)19-8-4-5-9-20(19)28(36)38-18-6-2-3-7-18/h10-14,18H,2-9,15-16H2,1H3. The molecule has 39 heavy (non-hydrogen) atoms. The molecule has 1 aromatic carbocycles. The highest BCUT2D eigenvalue weighted by Gasteiger charge is 2.32. The molecule has 0 aliphatic heterocycles. The molecule has 2 aliphatic rings. The lowest BCUT2D eigenvalue weighted by atomic mass is 9.90. The summed E-state index contributed by atoms with van der Waals surface area (Å²) in [5.74, 6) is -2.19. The van der Waals surface area contributed by atoms with E-state index in [1.165, 1.54) is 24.3 Å². The summed E-state index contributed by atoms with van der Waals surface area (Å²) >= 11 is 13.3. The number of nitrogens with zero attached hydrogens (tertiary/aromatic N) is 2. The highest BCUT2D eigenvalue weighted by molar-refractivity contribution is 8.00. The number of methoxy groups -OCH3 is 1. The molecular weight excluding hydrogens is 566 g/mol. The maximum atomic E-state index is 15.4. The number of carbonyl (C=O) groups excluding carboxylic acids is 3. The smallest absolute Gasteiger partial charge is 0.334 e. The first-order chi connectivity index (χ1) is 18.8. The third-order valence-electron chi connectivity index (χ3n) is 6.79. The van der Waals surface area contributed by atoms with Gasteiger partial charge in [0.1, 0.15) is 17.1 Å². The SMILES string of the molecule is COC(=O)CSc1cc(N(Cc2ccc(Cl)nc2)C(=O)C2=C(C(=O)OC3CCCC3)CCCC2)c(F)cc1Cl. The Morgan fingerprint density at radius 1 is 1.08 bits per heavy atom. The Bertz CT molecular complexity index is 1270. The Kier molecular flexibility index (Phi) is 10.3. The van der Waals surface area contributed by atoms with Crippen molar-refractivity contribution in [3.8, 4) is 0 Å². The fourth-order valence-corrected chi connectivity index (χ4v) is 5.95. The van der Waals surface area contributed by atoms with E-state index in [2.05, 4.69) is 4.98 Å². The average Bonchev–Trinajstić information content (AvgIpc) is 3.45. The maximum Gasteiger partial charge on any atom is 0.334 e. The first-order valence-electron chi connectivity index (χ1n) is 12.8. The number of halogens is 3. The second kappa shape index (κ2) is 13.6. The summed E-state index contributed by atoms with van der Waals surface area (Å²) in [6, 6.07) is 5.83. The molecule has 0 saturated heterocycles. The van der Waals surface area contributed by atoms with E-state index in [-0.39, 0.29) is 34.3 Å². The van der Waals surface area contributed by atoms with Gasteiger partial charge in [-0.1, -0.05) is 29.3 Å². The second-order valence-electron chi connectivity index (χ2n) is 9.46. The Morgan fingerprint density at radius 3 is 2.46 bits per heavy atom. The van der Waals surface area contributed by atoms with Crippen LogP contribution in [0.15, 0.2) is 46.5 Å². The van der Waals surface area contributed by atoms with Gasteiger partial charge in [0.25, 0.3) is 5.91 Å². The molecular formula is C28H29Cl2FN2O5S. The maximum absolute atomic E-state index is 15.4. The first-order valence-corrected chi connectivity index (χ1v) is 14.5. The molecule has 1 amide bonds. The summed E-state index contributed by atoms with van der Waals surface area (Å²) in [4.78, 5) is 44.7. The van der Waals surface area contributed by atoms with Gasteiger partial charge in [-0.15, -0.1) is 11.8 Å². The molecule has 0 bridgehead atoms. The molecule has 11 heteroatoms. The van der Waals surface area contributed by atoms with Crippen molar-refractivity contribution < 1.29 is 28.2 Å². The summed E-state index contributed by atoms with van der Waals surface area (Å²) in [5.41, 5.74) is 1.25. The van der Waals surface area contributed by atoms with Crippen molar-refractivity contribution >= 4 is 58.5 Å². The van der Waals surface area contributed by atoms with Crippen molar-refractivity contribution in [1.82, 2.24) is 4.98 Å². The predicted molar refractivity (Wildman–Crippen MR) is 148 cm³/mol. The van der Waals surface area contributed by atoms with E-state index >= 15 is 4.39 Å². The van der Waals surface area contributed by atoms with Crippen molar-refractivity contribution in [2.75, 3.05) is 17.8 Å². The number of amides is 1. The van der Waals surface area contributed by atoms with E-state index in [1.54, 1.807) is 12.1 Å². The van der Waals surface area contributed by atoms with E-state index in [4.69, 9.17) is 32.7 Å². The third kappa shape index (κ3) is 7.52. The van der Waals surface area contributed by atoms with Gasteiger partial charge in [0.05, 0.1) is 30.1 Å². The summed E-state index contributed by atoms with van der Waals surface area (Å²) in [6.07, 6.45) is 7.32. The summed E-state index contributed by atoms with van der Waals surface area (Å²) < 4.78 is 25.9. The van der Waals surface area contributed by atoms with Crippen LogP contribution in [0.3, 0.4) is 0 Å². The highest BCUT2D eigenvalue weighted by Crippen LogP contribution is 2.37. The zero-order valence-electron chi connectivity index (χ0n) is 21.5. The van der Waals surface area contributed by atoms with Gasteiger partial charge in [0.2, 0.25) is 0 Å². The molecule has 1 aromatic heterocycles. The fourth-order valence-electron chi connectivity index (χ4n) is 4.74. The van der Waals surface area contributed by atoms with Gasteiger partial charge in [-0.25, -0.2) is 14.2 Å². The first kappa shape index (κ1) is 29.4. The van der Waals surface area contributed by atoms with Crippen LogP contribution in [0.1, 0.15) is 56.9 Å². The molecule has 0 N–H and O–H groups in total. The van der Waals surface area contributed by atoms with Crippen LogP contribution in [0.25, 0.3) is 0 Å². The van der Waals surface area contributed by atoms with Crippen LogP contribution < -0.4 is 4.90 Å². The predicted octanol–water partition coefficient (Wildman–Crippen LogP) is 6.68. The summed E-state index contributed by atoms with van der Waals surface area (Å²) in [6.45, 7) is -0.0306. The lowest BCUT2D eigenvalue weighted by Gasteiger charge is -2.28. The number of rotatable bonds is 9. The lowest BCUT2D eigenvalue weighted by Crippen LogP contribution is -2.35. The van der Waals surface area contributed by atoms with Gasteiger partial charge in [0.15, 0.2) is 0 Å². The summed E-state index contributed by atoms with van der Waals surface area (Å²) in [5, 5.41) is 0.381. The fraction of sp³-hybridized carbons (Fsp3) is 0.429. The van der Waals surface area contributed by atoms with E-state index in [0.29, 0.717) is 34.4 Å². The minimum atomic E-state index is -0.718. The van der Waals surface area contributed by atoms with Crippen LogP contribution in [0, 0.1) is 5.82 Å². The molecule has 7 nitrogen and oxygen atoms in total. The van der Waals surface area contributed by atoms with Crippen molar-refractivity contribution in [2.24, 2.45) is 0 Å². The van der Waals surface area contributed by atoms with Crippen molar-refractivity contribution in [2.45, 2.75) is 68.9 Å². The minimum absolute atomic E-state index is 0.0306. The minimum Gasteiger partial charge on any atom is -0.468 e. The quantitative estimate of drug-likeness (QED) is 0.182. The van der Waals surface area contributed by atoms with Gasteiger partial charge in [-0.05, 0) is 75.1 Å². The Morgan fingerprint density at radius 2 is 1.79 bits per heavy atom. The van der Waals surface area contributed by atoms with E-state index in [0.717, 1.165) is 56.4 Å². The Labute approximate surface area is 241 Å². The van der Waals surface area contributed by atoms with Crippen LogP contribution in [0.2, 0.25) is 10.2 Å². The number of aromatic nitrogens is 1. The van der Waals surface area contributed by atoms with Crippen LogP contribution in [-0.2, 0) is 30.4 Å². The van der Waals surface area contributed by atoms with E-state index in [9.17, 15) is 14.4 Å². The normalized spacial score (nSPS) is 15.8. The number of thioether (sulfide) groups is 1. The van der Waals surface area contributed by atoms with Gasteiger partial charge in [0, 0.05) is 22.2 Å². The molecule has 1 heterocycles. The number of carbonyl (C=O) groups is 3. The zero-order valence-corrected chi connectivity index (χ0v) is 23.8. The topological polar surface area (TPSA) is 85.8 Å². The second-order valence-corrected chi connectivity index (χ2v) is 11.3. The van der Waals surface area contributed by atoms with Gasteiger partial charge in [-0.3, -0.25) is 9.59 Å². The summed E-state index contributed by atoms with van der Waals surface area (Å²) in [7, 11) is 1.27. The molecule has 208 valence electrons. The Hall–Kier alpha value is -2.62. The number of ether oxygens (including phenoxy) is 2. The zero-order chi connectivity index (χ0) is 27.9. The molecule has 4 rings (SSSR count). The molecule has 1 fully saturated rings. The van der Waals surface area contributed by atoms with Crippen molar-refractivity contribution in [3.05, 3.63) is 63.2 Å². The van der Waals surface area contributed by atoms with Crippen LogP contribution >= 0.6 is 35.0 Å². The Balaban J connectivity index is 1.73. The van der Waals surface area contributed by atoms with Crippen LogP contribution in [-0.4, -0.2) is 41.8 Å². The molecule has 2 aliphatic carbocycles. The van der Waals surface area contributed by atoms with Gasteiger partial charge < -0.3 is 14.4 Å².